The Morgan fingerprint density at radius 2 is 1.10 bits per heavy atom. The fourth-order valence-electron chi connectivity index (χ4n) is 6.51. The van der Waals surface area contributed by atoms with Crippen LogP contribution in [0.1, 0.15) is 64.3 Å². The number of thiazole rings is 1. The molecule has 0 amide bonds. The van der Waals surface area contributed by atoms with Gasteiger partial charge in [-0.05, 0) is 80.4 Å². The molecular formula is C53H44F2N10O5S. The number of carbonyl (C=O) groups is 3. The van der Waals surface area contributed by atoms with Crippen molar-refractivity contribution in [1.29, 1.82) is 0 Å². The predicted molar refractivity (Wildman–Crippen MR) is 262 cm³/mol. The number of benzene rings is 3. The van der Waals surface area contributed by atoms with Crippen molar-refractivity contribution in [3.05, 3.63) is 220 Å². The van der Waals surface area contributed by atoms with Crippen LogP contribution in [0.4, 0.5) is 20.2 Å². The number of nitrogens with zero attached hydrogens (tertiary/aromatic N) is 10. The number of hydrogen-bond donors (Lipinski definition) is 0. The van der Waals surface area contributed by atoms with Gasteiger partial charge in [-0.1, -0.05) is 24.3 Å². The van der Waals surface area contributed by atoms with Gasteiger partial charge in [0.25, 0.3) is 0 Å². The monoisotopic (exact) mass is 970 g/mol. The lowest BCUT2D eigenvalue weighted by atomic mass is 10.0. The van der Waals surface area contributed by atoms with Crippen LogP contribution in [0.15, 0.2) is 159 Å². The van der Waals surface area contributed by atoms with Crippen LogP contribution < -0.4 is 14.4 Å². The van der Waals surface area contributed by atoms with Crippen molar-refractivity contribution in [2.24, 2.45) is 0 Å². The number of aromatic nitrogens is 9. The maximum atomic E-state index is 13.9. The number of Topliss-reactive ketones (excluding diaryl/α,β-unsaturated/α-hetero) is 3. The summed E-state index contributed by atoms with van der Waals surface area (Å²) in [6.07, 6.45) is 17.4. The lowest BCUT2D eigenvalue weighted by molar-refractivity contribution is 0.0983. The van der Waals surface area contributed by atoms with Gasteiger partial charge < -0.3 is 14.4 Å². The lowest BCUT2D eigenvalue weighted by Crippen LogP contribution is -2.11. The quantitative estimate of drug-likeness (QED) is 0.0882. The molecule has 71 heavy (non-hydrogen) atoms. The van der Waals surface area contributed by atoms with Crippen molar-refractivity contribution in [3.8, 4) is 23.0 Å². The van der Waals surface area contributed by atoms with E-state index >= 15 is 0 Å². The van der Waals surface area contributed by atoms with Gasteiger partial charge in [0.2, 0.25) is 0 Å². The Bertz CT molecular complexity index is 3210. The first kappa shape index (κ1) is 50.0. The number of anilines is 2. The maximum Gasteiger partial charge on any atom is 0.169 e. The zero-order valence-electron chi connectivity index (χ0n) is 38.8. The molecule has 15 nitrogen and oxygen atoms in total. The molecule has 3 aromatic carbocycles. The molecule has 0 saturated carbocycles. The molecule has 9 aromatic rings. The van der Waals surface area contributed by atoms with Crippen molar-refractivity contribution >= 4 is 40.1 Å². The van der Waals surface area contributed by atoms with E-state index in [1.54, 1.807) is 36.9 Å². The van der Waals surface area contributed by atoms with Crippen LogP contribution in [0.3, 0.4) is 0 Å². The topological polar surface area (TPSA) is 189 Å². The number of pyridine rings is 2. The van der Waals surface area contributed by atoms with Crippen LogP contribution in [0.5, 0.6) is 23.0 Å². The number of halogens is 2. The Labute approximate surface area is 411 Å². The Balaban J connectivity index is 0.000000157. The first-order chi connectivity index (χ1) is 34.3. The number of ketones is 3. The summed E-state index contributed by atoms with van der Waals surface area (Å²) in [6, 6.07) is 22.7. The second-order valence-electron chi connectivity index (χ2n) is 15.7. The van der Waals surface area contributed by atoms with Gasteiger partial charge in [-0.3, -0.25) is 24.4 Å². The molecule has 0 atom stereocenters. The van der Waals surface area contributed by atoms with E-state index in [0.717, 1.165) is 33.2 Å². The first-order valence-electron chi connectivity index (χ1n) is 21.7. The molecule has 0 fully saturated rings. The Morgan fingerprint density at radius 1 is 0.549 bits per heavy atom. The van der Waals surface area contributed by atoms with Crippen LogP contribution >= 0.6 is 11.3 Å². The molecule has 18 heteroatoms. The fraction of sp³-hybridized carbons (Fsp3) is 0.132. The summed E-state index contributed by atoms with van der Waals surface area (Å²) in [5, 5.41) is 2.71. The van der Waals surface area contributed by atoms with Crippen LogP contribution in [-0.4, -0.2) is 69.3 Å². The molecule has 9 rings (SSSR count). The summed E-state index contributed by atoms with van der Waals surface area (Å²) in [4.78, 5) is 75.2. The standard InChI is InChI=1S/C19H16FN3O2.C18H14FN3O2.C16H14N4OS/c1-12-3-4-16(23-13(12)2)8-19(24)14-5-15(20)7-17(6-14)25-18-9-21-11-22-10-18;1-12-2-3-15(22-8-12)7-18(23)13-4-14(19)6-16(5-13)24-17-9-20-11-21-10-17;1-20(14-9-17-11-18-10-14)13-4-2-3-12(7-13)15(21)8-16-19-5-6-22-16/h3-7,9-11H,8H2,1-2H3;2-6,8-11H,7H2,1H3;2-7,9-11H,8H2,1H3. The zero-order chi connectivity index (χ0) is 50.1. The number of aryl methyl sites for hydroxylation is 3. The fourth-order valence-corrected chi connectivity index (χ4v) is 7.13. The summed E-state index contributed by atoms with van der Waals surface area (Å²) in [6.45, 7) is 5.76. The molecule has 0 aliphatic carbocycles. The van der Waals surface area contributed by atoms with Crippen LogP contribution in [-0.2, 0) is 19.3 Å². The first-order valence-corrected chi connectivity index (χ1v) is 22.6. The molecule has 0 N–H and O–H groups in total. The SMILES string of the molecule is CN(c1cncnc1)c1cccc(C(=O)Cc2nccs2)c1.Cc1ccc(CC(=O)c2cc(F)cc(Oc3cncnc3)c2)nc1.Cc1ccc(CC(=O)c2cc(F)cc(Oc3cncnc3)c2)nc1C. The minimum Gasteiger partial charge on any atom is -0.454 e. The second-order valence-corrected chi connectivity index (χ2v) is 16.6. The van der Waals surface area contributed by atoms with E-state index in [-0.39, 0.29) is 52.8 Å². The maximum absolute atomic E-state index is 13.9. The van der Waals surface area contributed by atoms with Gasteiger partial charge in [0.1, 0.15) is 47.1 Å². The molecular weight excluding hydrogens is 927 g/mol. The molecule has 6 heterocycles. The molecule has 0 radical (unpaired) electrons. The third-order valence-corrected chi connectivity index (χ3v) is 11.1. The van der Waals surface area contributed by atoms with E-state index in [2.05, 4.69) is 44.9 Å². The van der Waals surface area contributed by atoms with E-state index < -0.39 is 11.6 Å². The summed E-state index contributed by atoms with van der Waals surface area (Å²) >= 11 is 1.49. The molecule has 0 bridgehead atoms. The number of carbonyl (C=O) groups excluding carboxylic acids is 3. The molecule has 0 unspecified atom stereocenters. The third kappa shape index (κ3) is 15.0. The van der Waals surface area contributed by atoms with Crippen molar-refractivity contribution in [2.75, 3.05) is 11.9 Å². The van der Waals surface area contributed by atoms with Gasteiger partial charge in [0.15, 0.2) is 28.8 Å². The average molecular weight is 971 g/mol. The van der Waals surface area contributed by atoms with Crippen LogP contribution in [0.25, 0.3) is 0 Å². The van der Waals surface area contributed by atoms with Gasteiger partial charge in [-0.15, -0.1) is 11.3 Å². The summed E-state index contributed by atoms with van der Waals surface area (Å²) in [5.74, 6) is -0.352. The van der Waals surface area contributed by atoms with Gasteiger partial charge >= 0.3 is 0 Å². The van der Waals surface area contributed by atoms with Gasteiger partial charge in [-0.25, -0.2) is 43.7 Å². The van der Waals surface area contributed by atoms with Gasteiger partial charge in [0, 0.05) is 76.4 Å². The highest BCUT2D eigenvalue weighted by atomic mass is 32.1. The lowest BCUT2D eigenvalue weighted by Gasteiger charge is -2.19. The highest BCUT2D eigenvalue weighted by Gasteiger charge is 2.15. The minimum atomic E-state index is -0.551. The highest BCUT2D eigenvalue weighted by Crippen LogP contribution is 2.26. The van der Waals surface area contributed by atoms with Crippen LogP contribution in [0, 0.1) is 32.4 Å². The normalized spacial score (nSPS) is 10.5. The molecule has 0 saturated heterocycles. The largest absolute Gasteiger partial charge is 0.454 e. The van der Waals surface area contributed by atoms with Crippen LogP contribution in [0.2, 0.25) is 0 Å². The van der Waals surface area contributed by atoms with E-state index in [9.17, 15) is 23.2 Å². The van der Waals surface area contributed by atoms with E-state index in [1.165, 1.54) is 91.5 Å². The summed E-state index contributed by atoms with van der Waals surface area (Å²) in [5.41, 5.74) is 7.14. The van der Waals surface area contributed by atoms with Gasteiger partial charge in [0.05, 0.1) is 62.1 Å². The third-order valence-electron chi connectivity index (χ3n) is 10.3. The molecule has 0 aliphatic heterocycles. The Hall–Kier alpha value is -8.90. The molecule has 6 aromatic heterocycles. The average Bonchev–Trinajstić information content (AvgIpc) is 3.89. The molecule has 0 spiro atoms. The minimum absolute atomic E-state index is 0.0644. The van der Waals surface area contributed by atoms with Crippen molar-refractivity contribution in [1.82, 2.24) is 44.9 Å². The van der Waals surface area contributed by atoms with Crippen molar-refractivity contribution in [3.63, 3.8) is 0 Å². The smallest absolute Gasteiger partial charge is 0.169 e. The Kier molecular flexibility index (Phi) is 17.2. The van der Waals surface area contributed by atoms with Crippen molar-refractivity contribution in [2.45, 2.75) is 40.0 Å². The molecule has 356 valence electrons. The number of rotatable bonds is 15. The van der Waals surface area contributed by atoms with Crippen molar-refractivity contribution < 1.29 is 32.6 Å². The number of ether oxygens (including phenoxy) is 2. The Morgan fingerprint density at radius 3 is 1.63 bits per heavy atom. The molecule has 0 aliphatic rings. The predicted octanol–water partition coefficient (Wildman–Crippen LogP) is 10.5. The highest BCUT2D eigenvalue weighted by molar-refractivity contribution is 7.09. The van der Waals surface area contributed by atoms with E-state index in [1.807, 2.05) is 74.5 Å². The van der Waals surface area contributed by atoms with Gasteiger partial charge in [-0.2, -0.15) is 0 Å². The summed E-state index contributed by atoms with van der Waals surface area (Å²) in [7, 11) is 1.92. The summed E-state index contributed by atoms with van der Waals surface area (Å²) < 4.78 is 38.7. The van der Waals surface area contributed by atoms with E-state index in [0.29, 0.717) is 34.9 Å². The zero-order valence-corrected chi connectivity index (χ0v) is 39.6. The second kappa shape index (κ2) is 24.4. The van der Waals surface area contributed by atoms with E-state index in [4.69, 9.17) is 9.47 Å². The number of hydrogen-bond acceptors (Lipinski definition) is 16.